The van der Waals surface area contributed by atoms with Gasteiger partial charge in [-0.2, -0.15) is 0 Å². The lowest BCUT2D eigenvalue weighted by atomic mass is 10.2. The van der Waals surface area contributed by atoms with Crippen molar-refractivity contribution in [2.75, 3.05) is 11.4 Å². The average Bonchev–Trinajstić information content (AvgIpc) is 2.69. The molecule has 4 heteroatoms. The van der Waals surface area contributed by atoms with Gasteiger partial charge in [-0.05, 0) is 12.1 Å². The van der Waals surface area contributed by atoms with Crippen molar-refractivity contribution in [3.63, 3.8) is 0 Å². The first-order chi connectivity index (χ1) is 8.27. The van der Waals surface area contributed by atoms with Gasteiger partial charge in [0.1, 0.15) is 0 Å². The molecule has 3 rings (SSSR count). The minimum Gasteiger partial charge on any atom is -0.322 e. The van der Waals surface area contributed by atoms with Crippen LogP contribution in [0.4, 0.5) is 5.69 Å². The Morgan fingerprint density at radius 3 is 2.82 bits per heavy atom. The van der Waals surface area contributed by atoms with Crippen LogP contribution in [0.15, 0.2) is 36.5 Å². The summed E-state index contributed by atoms with van der Waals surface area (Å²) in [4.78, 5) is 17.5. The molecule has 2 heterocycles. The third kappa shape index (κ3) is 1.49. The smallest absolute Gasteiger partial charge is 0.199 e. The molecule has 0 saturated carbocycles. The Kier molecular flexibility index (Phi) is 2.14. The standard InChI is InChI=1S/C13H11N3O/c14-13-11(17)6-8-16(13)10-5-1-3-9-4-2-7-15-12(9)10/h1-5,7,14H,6,8H2. The van der Waals surface area contributed by atoms with Crippen molar-refractivity contribution in [2.24, 2.45) is 0 Å². The summed E-state index contributed by atoms with van der Waals surface area (Å²) in [6, 6.07) is 9.67. The van der Waals surface area contributed by atoms with Gasteiger partial charge in [-0.15, -0.1) is 0 Å². The van der Waals surface area contributed by atoms with E-state index in [0.717, 1.165) is 16.6 Å². The van der Waals surface area contributed by atoms with Crippen molar-refractivity contribution in [1.82, 2.24) is 4.98 Å². The summed E-state index contributed by atoms with van der Waals surface area (Å²) in [5.74, 6) is -0.0268. The molecule has 4 nitrogen and oxygen atoms in total. The van der Waals surface area contributed by atoms with Crippen LogP contribution >= 0.6 is 0 Å². The highest BCUT2D eigenvalue weighted by atomic mass is 16.1. The molecule has 1 aliphatic rings. The van der Waals surface area contributed by atoms with Gasteiger partial charge >= 0.3 is 0 Å². The lowest BCUT2D eigenvalue weighted by Gasteiger charge is -2.18. The third-order valence-corrected chi connectivity index (χ3v) is 3.00. The lowest BCUT2D eigenvalue weighted by molar-refractivity contribution is -0.112. The van der Waals surface area contributed by atoms with E-state index in [1.165, 1.54) is 0 Å². The van der Waals surface area contributed by atoms with E-state index >= 15 is 0 Å². The Labute approximate surface area is 98.4 Å². The summed E-state index contributed by atoms with van der Waals surface area (Å²) in [7, 11) is 0. The van der Waals surface area contributed by atoms with Gasteiger partial charge in [-0.25, -0.2) is 0 Å². The molecular formula is C13H11N3O. The number of benzene rings is 1. The molecule has 1 aromatic carbocycles. The van der Waals surface area contributed by atoms with Crippen molar-refractivity contribution >= 4 is 28.2 Å². The Balaban J connectivity index is 2.18. The number of hydrogen-bond donors (Lipinski definition) is 1. The monoisotopic (exact) mass is 225 g/mol. The lowest BCUT2D eigenvalue weighted by Crippen LogP contribution is -2.26. The van der Waals surface area contributed by atoms with Crippen LogP contribution in [0.5, 0.6) is 0 Å². The second kappa shape index (κ2) is 3.66. The number of nitrogens with one attached hydrogen (secondary N) is 1. The number of carbonyl (C=O) groups excluding carboxylic acids is 1. The van der Waals surface area contributed by atoms with Crippen LogP contribution in [0.1, 0.15) is 6.42 Å². The summed E-state index contributed by atoms with van der Waals surface area (Å²) < 4.78 is 0. The van der Waals surface area contributed by atoms with Crippen LogP contribution in [-0.2, 0) is 4.79 Å². The topological polar surface area (TPSA) is 57.1 Å². The van der Waals surface area contributed by atoms with E-state index in [-0.39, 0.29) is 11.6 Å². The second-order valence-electron chi connectivity index (χ2n) is 4.03. The number of anilines is 1. The fourth-order valence-electron chi connectivity index (χ4n) is 2.14. The molecule has 1 fully saturated rings. The number of pyridine rings is 1. The second-order valence-corrected chi connectivity index (χ2v) is 4.03. The van der Waals surface area contributed by atoms with Gasteiger partial charge in [0, 0.05) is 24.5 Å². The molecule has 1 aliphatic heterocycles. The van der Waals surface area contributed by atoms with E-state index in [0.29, 0.717) is 13.0 Å². The summed E-state index contributed by atoms with van der Waals surface area (Å²) in [5, 5.41) is 8.80. The molecule has 1 N–H and O–H groups in total. The minimum absolute atomic E-state index is 0.0724. The number of para-hydroxylation sites is 1. The SMILES string of the molecule is N=C1C(=O)CCN1c1cccc2cccnc12. The maximum atomic E-state index is 11.4. The first kappa shape index (κ1) is 9.96. The van der Waals surface area contributed by atoms with E-state index in [1.807, 2.05) is 30.3 Å². The van der Waals surface area contributed by atoms with E-state index in [4.69, 9.17) is 5.41 Å². The van der Waals surface area contributed by atoms with Crippen molar-refractivity contribution < 1.29 is 4.79 Å². The number of nitrogens with zero attached hydrogens (tertiary/aromatic N) is 2. The van der Waals surface area contributed by atoms with E-state index in [2.05, 4.69) is 4.98 Å². The number of ketones is 1. The highest BCUT2D eigenvalue weighted by Crippen LogP contribution is 2.27. The molecule has 0 aliphatic carbocycles. The first-order valence-electron chi connectivity index (χ1n) is 5.50. The number of Topliss-reactive ketones (excluding diaryl/α,β-unsaturated/α-hetero) is 1. The van der Waals surface area contributed by atoms with Gasteiger partial charge in [0.2, 0.25) is 0 Å². The molecule has 0 amide bonds. The molecule has 0 atom stereocenters. The molecule has 84 valence electrons. The van der Waals surface area contributed by atoms with Crippen LogP contribution < -0.4 is 4.90 Å². The fourth-order valence-corrected chi connectivity index (χ4v) is 2.14. The van der Waals surface area contributed by atoms with Crippen molar-refractivity contribution in [3.05, 3.63) is 36.5 Å². The number of aromatic nitrogens is 1. The van der Waals surface area contributed by atoms with Gasteiger partial charge in [-0.3, -0.25) is 15.2 Å². The van der Waals surface area contributed by atoms with Gasteiger partial charge < -0.3 is 4.90 Å². The van der Waals surface area contributed by atoms with Gasteiger partial charge in [0.25, 0.3) is 0 Å². The first-order valence-corrected chi connectivity index (χ1v) is 5.50. The number of rotatable bonds is 1. The molecule has 1 aromatic heterocycles. The van der Waals surface area contributed by atoms with E-state index in [9.17, 15) is 4.79 Å². The molecule has 2 aromatic rings. The number of carbonyl (C=O) groups is 1. The average molecular weight is 225 g/mol. The van der Waals surface area contributed by atoms with Gasteiger partial charge in [-0.1, -0.05) is 18.2 Å². The molecule has 0 radical (unpaired) electrons. The summed E-state index contributed by atoms with van der Waals surface area (Å²) in [6.07, 6.45) is 2.15. The van der Waals surface area contributed by atoms with Crippen molar-refractivity contribution in [1.29, 1.82) is 5.41 Å². The Morgan fingerprint density at radius 1 is 1.24 bits per heavy atom. The maximum absolute atomic E-state index is 11.4. The molecule has 0 spiro atoms. The minimum atomic E-state index is -0.0991. The zero-order valence-corrected chi connectivity index (χ0v) is 9.18. The maximum Gasteiger partial charge on any atom is 0.199 e. The molecule has 0 bridgehead atoms. The van der Waals surface area contributed by atoms with Crippen LogP contribution in [0, 0.1) is 5.41 Å². The van der Waals surface area contributed by atoms with Crippen molar-refractivity contribution in [2.45, 2.75) is 6.42 Å². The predicted octanol–water partition coefficient (Wildman–Crippen LogP) is 1.99. The number of amidine groups is 1. The van der Waals surface area contributed by atoms with Crippen LogP contribution in [0.25, 0.3) is 10.9 Å². The summed E-state index contributed by atoms with van der Waals surface area (Å²) in [6.45, 7) is 0.577. The highest BCUT2D eigenvalue weighted by molar-refractivity contribution is 6.45. The zero-order chi connectivity index (χ0) is 11.8. The molecule has 17 heavy (non-hydrogen) atoms. The van der Waals surface area contributed by atoms with Crippen LogP contribution in [0.3, 0.4) is 0 Å². The molecular weight excluding hydrogens is 214 g/mol. The van der Waals surface area contributed by atoms with E-state index < -0.39 is 0 Å². The third-order valence-electron chi connectivity index (χ3n) is 3.00. The fraction of sp³-hybridized carbons (Fsp3) is 0.154. The van der Waals surface area contributed by atoms with Crippen LogP contribution in [0.2, 0.25) is 0 Å². The van der Waals surface area contributed by atoms with Crippen molar-refractivity contribution in [3.8, 4) is 0 Å². The largest absolute Gasteiger partial charge is 0.322 e. The predicted molar refractivity (Wildman–Crippen MR) is 66.4 cm³/mol. The van der Waals surface area contributed by atoms with E-state index in [1.54, 1.807) is 11.1 Å². The van der Waals surface area contributed by atoms with Gasteiger partial charge in [0.15, 0.2) is 11.6 Å². The molecule has 0 unspecified atom stereocenters. The number of hydrogen-bond acceptors (Lipinski definition) is 3. The number of fused-ring (bicyclic) bond motifs is 1. The molecule has 1 saturated heterocycles. The summed E-state index contributed by atoms with van der Waals surface area (Å²) in [5.41, 5.74) is 1.69. The zero-order valence-electron chi connectivity index (χ0n) is 9.18. The normalized spacial score (nSPS) is 15.9. The highest BCUT2D eigenvalue weighted by Gasteiger charge is 2.27. The Hall–Kier alpha value is -2.23. The Morgan fingerprint density at radius 2 is 2.06 bits per heavy atom. The Bertz CT molecular complexity index is 616. The quantitative estimate of drug-likeness (QED) is 0.807. The van der Waals surface area contributed by atoms with Gasteiger partial charge in [0.05, 0.1) is 11.2 Å². The summed E-state index contributed by atoms with van der Waals surface area (Å²) >= 11 is 0. The van der Waals surface area contributed by atoms with Crippen LogP contribution in [-0.4, -0.2) is 23.1 Å².